The van der Waals surface area contributed by atoms with Crippen LogP contribution in [-0.2, 0) is 0 Å². The van der Waals surface area contributed by atoms with E-state index in [9.17, 15) is 0 Å². The average molecular weight is 619 g/mol. The van der Waals surface area contributed by atoms with Crippen molar-refractivity contribution in [2.24, 2.45) is 0 Å². The molecule has 0 aliphatic carbocycles. The highest BCUT2D eigenvalue weighted by Gasteiger charge is 2.22. The summed E-state index contributed by atoms with van der Waals surface area (Å²) in [5.41, 5.74) is 7.65. The highest BCUT2D eigenvalue weighted by atomic mass is 32.1. The fraction of sp³-hybridized carbons (Fsp3) is 0. The zero-order valence-corrected chi connectivity index (χ0v) is 26.5. The minimum Gasteiger partial charge on any atom is -0.134 e. The third-order valence-electron chi connectivity index (χ3n) is 9.48. The van der Waals surface area contributed by atoms with Crippen LogP contribution in [-0.4, -0.2) is 0 Å². The van der Waals surface area contributed by atoms with Crippen molar-refractivity contribution in [1.82, 2.24) is 0 Å². The first-order valence-corrected chi connectivity index (χ1v) is 17.3. The maximum atomic E-state index is 2.50. The van der Waals surface area contributed by atoms with E-state index in [-0.39, 0.29) is 0 Å². The van der Waals surface area contributed by atoms with E-state index in [0.29, 0.717) is 0 Å². The molecule has 0 unspecified atom stereocenters. The van der Waals surface area contributed by atoms with Crippen molar-refractivity contribution >= 4 is 84.6 Å². The molecule has 0 saturated carbocycles. The van der Waals surface area contributed by atoms with Gasteiger partial charge in [0.15, 0.2) is 0 Å². The Hall–Kier alpha value is -5.28. The molecular weight excluding hydrogens is 593 g/mol. The number of hydrogen-bond donors (Lipinski definition) is 0. The van der Waals surface area contributed by atoms with Crippen LogP contribution in [0.25, 0.3) is 95.3 Å². The van der Waals surface area contributed by atoms with Gasteiger partial charge in [-0.05, 0) is 73.1 Å². The van der Waals surface area contributed by atoms with Crippen molar-refractivity contribution < 1.29 is 0 Å². The van der Waals surface area contributed by atoms with Crippen molar-refractivity contribution in [2.45, 2.75) is 0 Å². The normalized spacial score (nSPS) is 11.9. The van der Waals surface area contributed by atoms with Gasteiger partial charge in [0.25, 0.3) is 0 Å². The lowest BCUT2D eigenvalue weighted by Gasteiger charge is -2.19. The van der Waals surface area contributed by atoms with Crippen molar-refractivity contribution in [3.05, 3.63) is 158 Å². The predicted molar refractivity (Wildman–Crippen MR) is 204 cm³/mol. The third kappa shape index (κ3) is 3.78. The molecule has 2 heteroatoms. The molecule has 8 aromatic carbocycles. The summed E-state index contributed by atoms with van der Waals surface area (Å²) >= 11 is 3.86. The highest BCUT2D eigenvalue weighted by Crippen LogP contribution is 2.52. The number of fused-ring (bicyclic) bond motifs is 9. The van der Waals surface area contributed by atoms with Gasteiger partial charge in [0, 0.05) is 30.9 Å². The smallest absolute Gasteiger partial charge is 0.0540 e. The molecule has 10 aromatic rings. The Labute approximate surface area is 274 Å². The lowest BCUT2D eigenvalue weighted by Crippen LogP contribution is -1.91. The molecule has 0 radical (unpaired) electrons. The summed E-state index contributed by atoms with van der Waals surface area (Å²) in [7, 11) is 0. The number of hydrogen-bond acceptors (Lipinski definition) is 2. The maximum Gasteiger partial charge on any atom is 0.0540 e. The zero-order valence-electron chi connectivity index (χ0n) is 24.8. The SMILES string of the molecule is c1ccc(-c2ccc(-c3c4ccccc4c(-c4cc5c6ccccc6sc5c5sc6ccccc6c45)c4ccccc34)cc2)cc1. The lowest BCUT2D eigenvalue weighted by molar-refractivity contribution is 1.61. The van der Waals surface area contributed by atoms with E-state index in [4.69, 9.17) is 0 Å². The first kappa shape index (κ1) is 26.0. The van der Waals surface area contributed by atoms with Gasteiger partial charge >= 0.3 is 0 Å². The van der Waals surface area contributed by atoms with E-state index in [2.05, 4.69) is 158 Å². The van der Waals surface area contributed by atoms with Crippen LogP contribution in [0.2, 0.25) is 0 Å². The zero-order chi connectivity index (χ0) is 30.2. The molecule has 0 N–H and O–H groups in total. The summed E-state index contributed by atoms with van der Waals surface area (Å²) in [6.07, 6.45) is 0. The Morgan fingerprint density at radius 3 is 1.41 bits per heavy atom. The molecule has 10 rings (SSSR count). The average Bonchev–Trinajstić information content (AvgIpc) is 3.70. The van der Waals surface area contributed by atoms with Gasteiger partial charge in [0.1, 0.15) is 0 Å². The summed E-state index contributed by atoms with van der Waals surface area (Å²) in [4.78, 5) is 0. The van der Waals surface area contributed by atoms with E-state index in [1.807, 2.05) is 22.7 Å². The number of benzene rings is 8. The van der Waals surface area contributed by atoms with Crippen LogP contribution in [0.4, 0.5) is 0 Å². The molecule has 0 saturated heterocycles. The fourth-order valence-corrected chi connectivity index (χ4v) is 10.0. The quantitative estimate of drug-likeness (QED) is 0.173. The second-order valence-corrected chi connectivity index (χ2v) is 14.1. The minimum absolute atomic E-state index is 1.23. The molecule has 0 bridgehead atoms. The van der Waals surface area contributed by atoms with Crippen LogP contribution >= 0.6 is 22.7 Å². The van der Waals surface area contributed by atoms with Gasteiger partial charge in [0.2, 0.25) is 0 Å². The molecule has 0 amide bonds. The van der Waals surface area contributed by atoms with Crippen LogP contribution in [0.1, 0.15) is 0 Å². The Kier molecular flexibility index (Phi) is 5.72. The molecule has 0 aliphatic heterocycles. The first-order valence-electron chi connectivity index (χ1n) is 15.7. The second-order valence-electron chi connectivity index (χ2n) is 12.0. The topological polar surface area (TPSA) is 0 Å². The van der Waals surface area contributed by atoms with Crippen LogP contribution in [0, 0.1) is 0 Å². The minimum atomic E-state index is 1.23. The molecule has 0 atom stereocenters. The van der Waals surface area contributed by atoms with Gasteiger partial charge in [-0.25, -0.2) is 0 Å². The molecule has 46 heavy (non-hydrogen) atoms. The molecular formula is C44H26S2. The third-order valence-corrected chi connectivity index (χ3v) is 12.0. The van der Waals surface area contributed by atoms with Crippen LogP contribution in [0.5, 0.6) is 0 Å². The first-order chi connectivity index (χ1) is 22.8. The van der Waals surface area contributed by atoms with Crippen molar-refractivity contribution in [3.8, 4) is 33.4 Å². The Bertz CT molecular complexity index is 2720. The number of rotatable bonds is 3. The van der Waals surface area contributed by atoms with Gasteiger partial charge < -0.3 is 0 Å². The Morgan fingerprint density at radius 2 is 0.761 bits per heavy atom. The van der Waals surface area contributed by atoms with Crippen molar-refractivity contribution in [1.29, 1.82) is 0 Å². The van der Waals surface area contributed by atoms with E-state index in [1.54, 1.807) is 0 Å². The Balaban J connectivity index is 1.34. The molecule has 0 nitrogen and oxygen atoms in total. The second kappa shape index (κ2) is 10.1. The predicted octanol–water partition coefficient (Wildman–Crippen LogP) is 13.7. The van der Waals surface area contributed by atoms with Gasteiger partial charge in [-0.2, -0.15) is 0 Å². The van der Waals surface area contributed by atoms with Crippen LogP contribution in [0.3, 0.4) is 0 Å². The summed E-state index contributed by atoms with van der Waals surface area (Å²) in [5, 5.41) is 10.5. The molecule has 2 aromatic heterocycles. The molecule has 0 fully saturated rings. The molecule has 214 valence electrons. The maximum absolute atomic E-state index is 2.50. The monoisotopic (exact) mass is 618 g/mol. The van der Waals surface area contributed by atoms with Crippen LogP contribution < -0.4 is 0 Å². The van der Waals surface area contributed by atoms with Crippen molar-refractivity contribution in [2.75, 3.05) is 0 Å². The van der Waals surface area contributed by atoms with E-state index in [0.717, 1.165) is 0 Å². The standard InChI is InChI=1S/C44H26S2/c1-2-12-27(13-3-1)28-22-24-29(25-23-28)40-31-15-4-6-17-33(31)41(34-18-7-5-16-32(34)40)37-26-36-30-14-8-10-20-38(30)45-43(36)44-42(37)35-19-9-11-21-39(35)46-44/h1-26H. The largest absolute Gasteiger partial charge is 0.134 e. The van der Waals surface area contributed by atoms with Crippen LogP contribution in [0.15, 0.2) is 158 Å². The van der Waals surface area contributed by atoms with Gasteiger partial charge in [0.05, 0.1) is 9.40 Å². The van der Waals surface area contributed by atoms with Gasteiger partial charge in [-0.1, -0.05) is 140 Å². The molecule has 0 aliphatic rings. The molecule has 0 spiro atoms. The summed E-state index contributed by atoms with van der Waals surface area (Å²) < 4.78 is 5.47. The number of thiophene rings is 2. The summed E-state index contributed by atoms with van der Waals surface area (Å²) in [6.45, 7) is 0. The van der Waals surface area contributed by atoms with Crippen molar-refractivity contribution in [3.63, 3.8) is 0 Å². The molecule has 2 heterocycles. The Morgan fingerprint density at radius 1 is 0.304 bits per heavy atom. The van der Waals surface area contributed by atoms with Gasteiger partial charge in [-0.3, -0.25) is 0 Å². The van der Waals surface area contributed by atoms with Gasteiger partial charge in [-0.15, -0.1) is 22.7 Å². The summed E-state index contributed by atoms with van der Waals surface area (Å²) in [6, 6.07) is 58.1. The van der Waals surface area contributed by atoms with E-state index >= 15 is 0 Å². The van der Waals surface area contributed by atoms with E-state index in [1.165, 1.54) is 95.3 Å². The summed E-state index contributed by atoms with van der Waals surface area (Å²) in [5.74, 6) is 0. The fourth-order valence-electron chi connectivity index (χ4n) is 7.45. The lowest BCUT2D eigenvalue weighted by atomic mass is 9.84. The van der Waals surface area contributed by atoms with E-state index < -0.39 is 0 Å². The highest BCUT2D eigenvalue weighted by molar-refractivity contribution is 7.33.